The first kappa shape index (κ1) is 15.9. The van der Waals surface area contributed by atoms with Crippen molar-refractivity contribution >= 4 is 0 Å². The molecule has 0 N–H and O–H groups in total. The Morgan fingerprint density at radius 2 is 1.77 bits per heavy atom. The summed E-state index contributed by atoms with van der Waals surface area (Å²) in [4.78, 5) is 9.45. The summed E-state index contributed by atoms with van der Waals surface area (Å²) in [6.45, 7) is 10.2. The van der Waals surface area contributed by atoms with Gasteiger partial charge in [0.05, 0.1) is 0 Å². The molecule has 2 fully saturated rings. The lowest BCUT2D eigenvalue weighted by Gasteiger charge is -2.49. The van der Waals surface area contributed by atoms with Crippen molar-refractivity contribution in [3.8, 4) is 0 Å². The minimum Gasteiger partial charge on any atom is -0.381 e. The zero-order valence-corrected chi connectivity index (χ0v) is 13.8. The molecule has 2 aliphatic heterocycles. The number of piperazine rings is 1. The fourth-order valence-corrected chi connectivity index (χ4v) is 3.93. The highest BCUT2D eigenvalue weighted by Crippen LogP contribution is 2.32. The summed E-state index contributed by atoms with van der Waals surface area (Å²) >= 11 is 0. The maximum atomic E-state index is 5.58. The maximum absolute atomic E-state index is 5.58. The first-order chi connectivity index (χ1) is 10.8. The number of ether oxygens (including phenoxy) is 1. The predicted octanol–water partition coefficient (Wildman–Crippen LogP) is 2.20. The van der Waals surface area contributed by atoms with E-state index in [9.17, 15) is 0 Å². The molecule has 2 aliphatic rings. The van der Waals surface area contributed by atoms with Crippen LogP contribution in [0.2, 0.25) is 0 Å². The fraction of sp³-hybridized carbons (Fsp3) is 0.722. The number of aromatic nitrogens is 1. The minimum atomic E-state index is 0.412. The molecule has 0 spiro atoms. The van der Waals surface area contributed by atoms with Gasteiger partial charge in [0.25, 0.3) is 0 Å². The lowest BCUT2D eigenvalue weighted by Crippen LogP contribution is -2.58. The number of rotatable bonds is 5. The van der Waals surface area contributed by atoms with Gasteiger partial charge in [-0.25, -0.2) is 0 Å². The number of nitrogens with zero attached hydrogens (tertiary/aromatic N) is 3. The Morgan fingerprint density at radius 3 is 2.41 bits per heavy atom. The average Bonchev–Trinajstić information content (AvgIpc) is 2.62. The van der Waals surface area contributed by atoms with E-state index in [4.69, 9.17) is 4.74 Å². The van der Waals surface area contributed by atoms with Crippen LogP contribution in [0.5, 0.6) is 0 Å². The smallest absolute Gasteiger partial charge is 0.0483 e. The Bertz CT molecular complexity index is 437. The quantitative estimate of drug-likeness (QED) is 0.834. The van der Waals surface area contributed by atoms with Crippen LogP contribution in [-0.4, -0.2) is 66.3 Å². The van der Waals surface area contributed by atoms with Crippen LogP contribution in [0.25, 0.3) is 0 Å². The molecular formula is C18H29N3O. The summed E-state index contributed by atoms with van der Waals surface area (Å²) in [6, 6.07) is 4.26. The Hall–Kier alpha value is -0.970. The molecule has 1 aromatic heterocycles. The zero-order chi connectivity index (χ0) is 15.3. The van der Waals surface area contributed by atoms with Crippen molar-refractivity contribution in [2.24, 2.45) is 0 Å². The van der Waals surface area contributed by atoms with Crippen molar-refractivity contribution in [2.75, 3.05) is 45.9 Å². The van der Waals surface area contributed by atoms with Crippen LogP contribution in [-0.2, 0) is 11.2 Å². The van der Waals surface area contributed by atoms with Crippen LogP contribution in [0.3, 0.4) is 0 Å². The topological polar surface area (TPSA) is 28.6 Å². The molecule has 4 nitrogen and oxygen atoms in total. The first-order valence-corrected chi connectivity index (χ1v) is 8.76. The molecule has 4 heteroatoms. The van der Waals surface area contributed by atoms with Crippen molar-refractivity contribution in [3.63, 3.8) is 0 Å². The minimum absolute atomic E-state index is 0.412. The van der Waals surface area contributed by atoms with E-state index in [2.05, 4.69) is 33.8 Å². The molecule has 0 aliphatic carbocycles. The Balaban J connectivity index is 1.47. The van der Waals surface area contributed by atoms with Crippen molar-refractivity contribution < 1.29 is 4.74 Å². The van der Waals surface area contributed by atoms with E-state index in [1.54, 1.807) is 0 Å². The van der Waals surface area contributed by atoms with Gasteiger partial charge in [0.2, 0.25) is 0 Å². The van der Waals surface area contributed by atoms with Crippen LogP contribution < -0.4 is 0 Å². The summed E-state index contributed by atoms with van der Waals surface area (Å²) in [5.74, 6) is 0. The van der Waals surface area contributed by atoms with Crippen LogP contribution >= 0.6 is 0 Å². The second kappa shape index (κ2) is 7.53. The van der Waals surface area contributed by atoms with Gasteiger partial charge < -0.3 is 9.64 Å². The van der Waals surface area contributed by atoms with E-state index in [-0.39, 0.29) is 0 Å². The first-order valence-electron chi connectivity index (χ1n) is 8.76. The number of hydrogen-bond acceptors (Lipinski definition) is 4. The third-order valence-corrected chi connectivity index (χ3v) is 5.59. The van der Waals surface area contributed by atoms with E-state index in [0.717, 1.165) is 19.6 Å². The van der Waals surface area contributed by atoms with Crippen LogP contribution in [0.4, 0.5) is 0 Å². The maximum Gasteiger partial charge on any atom is 0.0483 e. The lowest BCUT2D eigenvalue weighted by molar-refractivity contribution is -0.0490. The van der Waals surface area contributed by atoms with Gasteiger partial charge in [-0.05, 0) is 43.4 Å². The second-order valence-electron chi connectivity index (χ2n) is 6.62. The molecular weight excluding hydrogens is 274 g/mol. The summed E-state index contributed by atoms with van der Waals surface area (Å²) in [5.41, 5.74) is 1.81. The van der Waals surface area contributed by atoms with Crippen LogP contribution in [0, 0.1) is 0 Å². The fourth-order valence-electron chi connectivity index (χ4n) is 3.93. The predicted molar refractivity (Wildman–Crippen MR) is 89.0 cm³/mol. The average molecular weight is 303 g/mol. The molecule has 122 valence electrons. The lowest BCUT2D eigenvalue weighted by atomic mass is 9.85. The second-order valence-corrected chi connectivity index (χ2v) is 6.62. The summed E-state index contributed by atoms with van der Waals surface area (Å²) in [6.07, 6.45) is 8.59. The van der Waals surface area contributed by atoms with Crippen molar-refractivity contribution in [1.29, 1.82) is 0 Å². The van der Waals surface area contributed by atoms with Gasteiger partial charge in [0.1, 0.15) is 0 Å². The van der Waals surface area contributed by atoms with Gasteiger partial charge in [0.15, 0.2) is 0 Å². The van der Waals surface area contributed by atoms with Gasteiger partial charge in [0, 0.05) is 63.9 Å². The van der Waals surface area contributed by atoms with Gasteiger partial charge in [-0.2, -0.15) is 0 Å². The molecule has 0 amide bonds. The third-order valence-electron chi connectivity index (χ3n) is 5.59. The molecule has 0 unspecified atom stereocenters. The van der Waals surface area contributed by atoms with E-state index in [0.29, 0.717) is 5.54 Å². The molecule has 0 saturated carbocycles. The van der Waals surface area contributed by atoms with Gasteiger partial charge in [-0.15, -0.1) is 0 Å². The summed E-state index contributed by atoms with van der Waals surface area (Å²) in [7, 11) is 0. The number of hydrogen-bond donors (Lipinski definition) is 0. The van der Waals surface area contributed by atoms with E-state index < -0.39 is 0 Å². The molecule has 2 saturated heterocycles. The van der Waals surface area contributed by atoms with Crippen LogP contribution in [0.1, 0.15) is 31.7 Å². The molecule has 3 rings (SSSR count). The monoisotopic (exact) mass is 303 g/mol. The summed E-state index contributed by atoms with van der Waals surface area (Å²) < 4.78 is 5.58. The molecule has 0 radical (unpaired) electrons. The zero-order valence-electron chi connectivity index (χ0n) is 13.8. The molecule has 3 heterocycles. The molecule has 0 aromatic carbocycles. The third kappa shape index (κ3) is 3.67. The molecule has 0 atom stereocenters. The highest BCUT2D eigenvalue weighted by molar-refractivity contribution is 5.10. The van der Waals surface area contributed by atoms with Gasteiger partial charge >= 0.3 is 0 Å². The largest absolute Gasteiger partial charge is 0.381 e. The molecule has 1 aromatic rings. The Morgan fingerprint density at radius 1 is 1.09 bits per heavy atom. The Labute approximate surface area is 134 Å². The molecule has 0 bridgehead atoms. The molecule has 22 heavy (non-hydrogen) atoms. The van der Waals surface area contributed by atoms with Crippen LogP contribution in [0.15, 0.2) is 24.5 Å². The van der Waals surface area contributed by atoms with E-state index in [1.807, 2.05) is 12.4 Å². The highest BCUT2D eigenvalue weighted by Gasteiger charge is 2.37. The highest BCUT2D eigenvalue weighted by atomic mass is 16.5. The van der Waals surface area contributed by atoms with Crippen molar-refractivity contribution in [1.82, 2.24) is 14.8 Å². The van der Waals surface area contributed by atoms with Crippen molar-refractivity contribution in [2.45, 2.75) is 38.1 Å². The normalized spacial score (nSPS) is 23.5. The number of pyridine rings is 1. The Kier molecular flexibility index (Phi) is 5.45. The van der Waals surface area contributed by atoms with Gasteiger partial charge in [-0.3, -0.25) is 9.88 Å². The van der Waals surface area contributed by atoms with E-state index >= 15 is 0 Å². The van der Waals surface area contributed by atoms with Gasteiger partial charge in [-0.1, -0.05) is 6.92 Å². The van der Waals surface area contributed by atoms with E-state index in [1.165, 1.54) is 57.5 Å². The SMILES string of the molecule is CCC1(N2CCN(CCc3ccncc3)CC2)CCOCC1. The summed E-state index contributed by atoms with van der Waals surface area (Å²) in [5, 5.41) is 0. The standard InChI is InChI=1S/C18H29N3O/c1-2-18(6-15-22-16-7-18)21-13-11-20(12-14-21)10-5-17-3-8-19-9-4-17/h3-4,8-9H,2,5-7,10-16H2,1H3. The van der Waals surface area contributed by atoms with Crippen molar-refractivity contribution in [3.05, 3.63) is 30.1 Å².